The Morgan fingerprint density at radius 2 is 1.23 bits per heavy atom. The Bertz CT molecular complexity index is 2230. The van der Waals surface area contributed by atoms with E-state index in [1.54, 1.807) is 15.3 Å². The number of carbonyl (C=O) groups is 3. The third-order valence-electron chi connectivity index (χ3n) is 10.9. The fourth-order valence-electron chi connectivity index (χ4n) is 7.57. The highest BCUT2D eigenvalue weighted by Gasteiger charge is 2.38. The van der Waals surface area contributed by atoms with E-state index in [4.69, 9.17) is 28.9 Å². The second kappa shape index (κ2) is 20.0. The molecule has 6 rings (SSSR count). The van der Waals surface area contributed by atoms with Gasteiger partial charge in [-0.05, 0) is 79.3 Å². The molecule has 2 aliphatic rings. The molecule has 2 saturated heterocycles. The number of benzene rings is 1. The van der Waals surface area contributed by atoms with Crippen molar-refractivity contribution in [2.24, 2.45) is 0 Å². The Hall–Kier alpha value is -4.37. The van der Waals surface area contributed by atoms with Crippen LogP contribution in [0.3, 0.4) is 0 Å². The van der Waals surface area contributed by atoms with Crippen molar-refractivity contribution >= 4 is 57.1 Å². The van der Waals surface area contributed by atoms with Gasteiger partial charge in [0.25, 0.3) is 0 Å². The van der Waals surface area contributed by atoms with Crippen LogP contribution in [0.15, 0.2) is 42.2 Å². The highest BCUT2D eigenvalue weighted by atomic mass is 32.1. The molecule has 350 valence electrons. The van der Waals surface area contributed by atoms with Crippen molar-refractivity contribution in [3.05, 3.63) is 64.3 Å². The van der Waals surface area contributed by atoms with Crippen LogP contribution < -0.4 is 5.32 Å². The summed E-state index contributed by atoms with van der Waals surface area (Å²) in [6, 6.07) is 8.93. The number of hydrogen-bond donors (Lipinski definition) is 1. The summed E-state index contributed by atoms with van der Waals surface area (Å²) in [7, 11) is -2.61. The third-order valence-corrected chi connectivity index (χ3v) is 15.1. The molecule has 1 N–H and O–H groups in total. The van der Waals surface area contributed by atoms with E-state index in [-0.39, 0.29) is 36.8 Å². The molecular weight excluding hydrogens is 865 g/mol. The van der Waals surface area contributed by atoms with Gasteiger partial charge in [-0.2, -0.15) is 0 Å². The fourth-order valence-corrected chi connectivity index (χ4v) is 9.79. The fraction of sp³-hybridized carbons (Fsp3) is 0.609. The molecule has 2 fully saturated rings. The Balaban J connectivity index is 1.21. The number of ether oxygens (including phenoxy) is 4. The Labute approximate surface area is 385 Å². The first-order chi connectivity index (χ1) is 29.9. The zero-order valence-electron chi connectivity index (χ0n) is 40.1. The van der Waals surface area contributed by atoms with Crippen LogP contribution in [0.1, 0.15) is 106 Å². The third kappa shape index (κ3) is 13.4. The van der Waals surface area contributed by atoms with E-state index in [2.05, 4.69) is 49.6 Å². The second-order valence-electron chi connectivity index (χ2n) is 21.3. The van der Waals surface area contributed by atoms with E-state index in [1.165, 1.54) is 11.3 Å². The smallest absolute Gasteiger partial charge is 0.410 e. The second-order valence-corrected chi connectivity index (χ2v) is 33.4. The molecule has 2 atom stereocenters. The van der Waals surface area contributed by atoms with Crippen LogP contribution >= 0.6 is 11.3 Å². The first-order valence-corrected chi connectivity index (χ1v) is 30.9. The lowest BCUT2D eigenvalue weighted by Gasteiger charge is -2.28. The standard InChI is InChI=1S/C46H70N8O7SSi2/c1-45(2,3)60-43(56)53-21-13-15-35(53)41-48-34(27-51(41)30-58-23-25-63(7,8)9)32-17-19-33(20-18-32)38(55)39-40(47-29-62-39)49-37-28-52(31-59-24-26-64(10,11)12)42(50-37)36-16-14-22-54(36)44(57)61-46(4,5)6/h17-20,27-29,35-36,49H,13-16,21-26,30-31H2,1-12H3/t35-,36-/m0/s1. The molecule has 0 unspecified atom stereocenters. The Kier molecular flexibility index (Phi) is 15.4. The van der Waals surface area contributed by atoms with Crippen LogP contribution in [0.25, 0.3) is 11.3 Å². The van der Waals surface area contributed by atoms with Crippen LogP contribution in [-0.4, -0.2) is 106 Å². The zero-order valence-corrected chi connectivity index (χ0v) is 42.9. The van der Waals surface area contributed by atoms with Gasteiger partial charge in [0.2, 0.25) is 5.78 Å². The molecule has 0 spiro atoms. The molecule has 2 amide bonds. The van der Waals surface area contributed by atoms with E-state index in [0.717, 1.165) is 54.9 Å². The topological polar surface area (TPSA) is 155 Å². The Morgan fingerprint density at radius 3 is 1.73 bits per heavy atom. The van der Waals surface area contributed by atoms with Crippen molar-refractivity contribution in [1.29, 1.82) is 0 Å². The largest absolute Gasteiger partial charge is 0.444 e. The predicted molar refractivity (Wildman–Crippen MR) is 257 cm³/mol. The molecule has 0 saturated carbocycles. The number of nitrogens with one attached hydrogen (secondary N) is 1. The van der Waals surface area contributed by atoms with Gasteiger partial charge in [0.1, 0.15) is 47.0 Å². The van der Waals surface area contributed by atoms with Crippen LogP contribution in [0.4, 0.5) is 21.2 Å². The number of rotatable bonds is 17. The van der Waals surface area contributed by atoms with Crippen LogP contribution in [0, 0.1) is 0 Å². The summed E-state index contributed by atoms with van der Waals surface area (Å²) < 4.78 is 27.9. The number of aromatic nitrogens is 5. The predicted octanol–water partition coefficient (Wildman–Crippen LogP) is 10.9. The van der Waals surface area contributed by atoms with Crippen molar-refractivity contribution in [1.82, 2.24) is 33.9 Å². The van der Waals surface area contributed by atoms with E-state index in [1.807, 2.05) is 87.3 Å². The lowest BCUT2D eigenvalue weighted by molar-refractivity contribution is 0.0194. The number of ketones is 1. The normalized spacial score (nSPS) is 17.3. The van der Waals surface area contributed by atoms with Gasteiger partial charge in [-0.1, -0.05) is 63.5 Å². The number of hydrogen-bond acceptors (Lipinski definition) is 12. The number of amides is 2. The van der Waals surface area contributed by atoms with E-state index >= 15 is 0 Å². The van der Waals surface area contributed by atoms with Gasteiger partial charge < -0.3 is 33.4 Å². The highest BCUT2D eigenvalue weighted by molar-refractivity contribution is 7.12. The molecule has 15 nitrogen and oxygen atoms in total. The number of carbonyl (C=O) groups excluding carboxylic acids is 3. The SMILES string of the molecule is CC(C)(C)OC(=O)N1CCC[C@H]1c1nc(Nc2ncsc2C(=O)c2ccc(-c3cn(COCC[Si](C)(C)C)c([C@@H]4CCCN4C(=O)OC(C)(C)C)n3)cc2)cn1COCC[Si](C)(C)C. The summed E-state index contributed by atoms with van der Waals surface area (Å²) in [6.45, 7) is 28.2. The van der Waals surface area contributed by atoms with Crippen LogP contribution in [0.2, 0.25) is 51.4 Å². The quantitative estimate of drug-likeness (QED) is 0.0611. The number of anilines is 2. The zero-order chi connectivity index (χ0) is 46.6. The molecule has 0 radical (unpaired) electrons. The molecule has 18 heteroatoms. The molecule has 3 aromatic heterocycles. The van der Waals surface area contributed by atoms with Gasteiger partial charge in [0.15, 0.2) is 5.82 Å². The van der Waals surface area contributed by atoms with Crippen molar-refractivity contribution < 1.29 is 33.3 Å². The average Bonchev–Trinajstić information content (AvgIpc) is 4.03. The monoisotopic (exact) mass is 934 g/mol. The minimum absolute atomic E-state index is 0.182. The number of likely N-dealkylation sites (tertiary alicyclic amines) is 2. The van der Waals surface area contributed by atoms with Crippen LogP contribution in [0.5, 0.6) is 0 Å². The maximum atomic E-state index is 14.1. The summed E-state index contributed by atoms with van der Waals surface area (Å²) >= 11 is 1.26. The molecule has 4 aromatic rings. The molecule has 64 heavy (non-hydrogen) atoms. The lowest BCUT2D eigenvalue weighted by atomic mass is 10.1. The molecule has 2 aliphatic heterocycles. The van der Waals surface area contributed by atoms with Gasteiger partial charge in [-0.25, -0.2) is 24.5 Å². The van der Waals surface area contributed by atoms with Gasteiger partial charge in [-0.3, -0.25) is 14.6 Å². The maximum absolute atomic E-state index is 14.1. The average molecular weight is 935 g/mol. The van der Waals surface area contributed by atoms with E-state index < -0.39 is 27.3 Å². The molecule has 0 bridgehead atoms. The van der Waals surface area contributed by atoms with Gasteiger partial charge in [0, 0.05) is 59.8 Å². The molecule has 1 aromatic carbocycles. The minimum atomic E-state index is -1.31. The van der Waals surface area contributed by atoms with E-state index in [9.17, 15) is 14.4 Å². The van der Waals surface area contributed by atoms with Gasteiger partial charge in [-0.15, -0.1) is 11.3 Å². The lowest BCUT2D eigenvalue weighted by Crippen LogP contribution is -2.37. The van der Waals surface area contributed by atoms with E-state index in [0.29, 0.717) is 60.9 Å². The molecular formula is C46H70N8O7SSi2. The van der Waals surface area contributed by atoms with Gasteiger partial charge >= 0.3 is 12.2 Å². The van der Waals surface area contributed by atoms with Crippen molar-refractivity contribution in [3.63, 3.8) is 0 Å². The van der Waals surface area contributed by atoms with Crippen molar-refractivity contribution in [3.8, 4) is 11.3 Å². The highest BCUT2D eigenvalue weighted by Crippen LogP contribution is 2.37. The number of thiazole rings is 1. The van der Waals surface area contributed by atoms with Crippen molar-refractivity contribution in [2.75, 3.05) is 31.6 Å². The summed E-state index contributed by atoms with van der Waals surface area (Å²) in [6.07, 6.45) is 6.29. The van der Waals surface area contributed by atoms with Crippen molar-refractivity contribution in [2.45, 2.75) is 155 Å². The Morgan fingerprint density at radius 1 is 0.734 bits per heavy atom. The number of imidazole rings is 2. The van der Waals surface area contributed by atoms with Gasteiger partial charge in [0.05, 0.1) is 29.5 Å². The maximum Gasteiger partial charge on any atom is 0.410 e. The summed E-state index contributed by atoms with van der Waals surface area (Å²) in [5.74, 6) is 2.15. The minimum Gasteiger partial charge on any atom is -0.444 e. The summed E-state index contributed by atoms with van der Waals surface area (Å²) in [4.78, 5) is 59.4. The van der Waals surface area contributed by atoms with Crippen LogP contribution in [-0.2, 0) is 32.4 Å². The summed E-state index contributed by atoms with van der Waals surface area (Å²) in [5.41, 5.74) is 2.46. The first kappa shape index (κ1) is 49.1. The summed E-state index contributed by atoms with van der Waals surface area (Å²) in [5, 5.41) is 3.31. The molecule has 5 heterocycles. The molecule has 0 aliphatic carbocycles. The number of nitrogens with zero attached hydrogens (tertiary/aromatic N) is 7. The first-order valence-electron chi connectivity index (χ1n) is 22.6.